The minimum atomic E-state index is -3.90. The van der Waals surface area contributed by atoms with Crippen LogP contribution in [-0.4, -0.2) is 71.2 Å². The summed E-state index contributed by atoms with van der Waals surface area (Å²) in [5, 5.41) is 24.0. The minimum Gasteiger partial charge on any atom is -0.481 e. The molecule has 174 valence electrons. The number of rotatable bonds is 7. The van der Waals surface area contributed by atoms with E-state index in [0.717, 1.165) is 0 Å². The van der Waals surface area contributed by atoms with Crippen LogP contribution in [0.1, 0.15) is 25.7 Å². The van der Waals surface area contributed by atoms with Gasteiger partial charge in [0.25, 0.3) is 5.91 Å². The van der Waals surface area contributed by atoms with Crippen LogP contribution >= 0.6 is 23.2 Å². The van der Waals surface area contributed by atoms with Gasteiger partial charge in [0.1, 0.15) is 22.3 Å². The molecule has 0 bridgehead atoms. The third-order valence-corrected chi connectivity index (χ3v) is 7.84. The van der Waals surface area contributed by atoms with Gasteiger partial charge in [0, 0.05) is 37.4 Å². The van der Waals surface area contributed by atoms with E-state index in [0.29, 0.717) is 0 Å². The third kappa shape index (κ3) is 5.14. The molecule has 0 saturated carbocycles. The van der Waals surface area contributed by atoms with Crippen molar-refractivity contribution in [3.63, 3.8) is 0 Å². The monoisotopic (exact) mass is 507 g/mol. The maximum absolute atomic E-state index is 13.0. The number of carbonyl (C=O) groups excluding carboxylic acids is 1. The molecule has 1 amide bonds. The molecule has 0 aliphatic carbocycles. The highest BCUT2D eigenvalue weighted by molar-refractivity contribution is 7.89. The lowest BCUT2D eigenvalue weighted by Gasteiger charge is -2.36. The van der Waals surface area contributed by atoms with Gasteiger partial charge in [0.2, 0.25) is 10.0 Å². The second-order valence-corrected chi connectivity index (χ2v) is 10.2. The van der Waals surface area contributed by atoms with E-state index in [2.05, 4.69) is 10.5 Å². The highest BCUT2D eigenvalue weighted by Gasteiger charge is 2.46. The van der Waals surface area contributed by atoms with Gasteiger partial charge in [0.05, 0.1) is 11.4 Å². The van der Waals surface area contributed by atoms with Gasteiger partial charge in [-0.3, -0.25) is 9.59 Å². The fraction of sp³-hybridized carbons (Fsp3) is 0.444. The zero-order valence-corrected chi connectivity index (χ0v) is 18.8. The van der Waals surface area contributed by atoms with Crippen molar-refractivity contribution in [3.05, 3.63) is 28.2 Å². The number of hydrogen-bond acceptors (Lipinski definition) is 7. The number of sulfonamides is 1. The number of nitrogens with one attached hydrogen (secondary N) is 1. The smallest absolute Gasteiger partial charge is 0.326 e. The number of carboxylic acids is 2. The van der Waals surface area contributed by atoms with E-state index in [4.69, 9.17) is 38.3 Å². The first-order valence-corrected chi connectivity index (χ1v) is 11.6. The summed E-state index contributed by atoms with van der Waals surface area (Å²) >= 11 is 11.9. The fourth-order valence-electron chi connectivity index (χ4n) is 3.48. The van der Waals surface area contributed by atoms with Crippen LogP contribution in [0.25, 0.3) is 0 Å². The van der Waals surface area contributed by atoms with Gasteiger partial charge in [-0.1, -0.05) is 28.4 Å². The normalized spacial score (nSPS) is 19.1. The summed E-state index contributed by atoms with van der Waals surface area (Å²) in [6.07, 6.45) is -0.312. The van der Waals surface area contributed by atoms with E-state index in [1.54, 1.807) is 0 Å². The van der Waals surface area contributed by atoms with Gasteiger partial charge in [0.15, 0.2) is 0 Å². The number of carboxylic acid groups (broad SMARTS) is 2. The Kier molecular flexibility index (Phi) is 6.98. The number of carbonyl (C=O) groups is 3. The Labute approximate surface area is 193 Å². The molecule has 11 nitrogen and oxygen atoms in total. The molecule has 1 unspecified atom stereocenters. The first kappa shape index (κ1) is 24.2. The molecule has 0 radical (unpaired) electrons. The molecule has 3 rings (SSSR count). The summed E-state index contributed by atoms with van der Waals surface area (Å²) in [5.41, 5.74) is -1.00. The largest absolute Gasteiger partial charge is 0.481 e. The quantitative estimate of drug-likeness (QED) is 0.497. The first-order chi connectivity index (χ1) is 14.9. The summed E-state index contributed by atoms with van der Waals surface area (Å²) in [4.78, 5) is 39.6. The van der Waals surface area contributed by atoms with Gasteiger partial charge >= 0.3 is 11.9 Å². The molecule has 2 aliphatic heterocycles. The summed E-state index contributed by atoms with van der Waals surface area (Å²) in [7, 11) is -3.90. The first-order valence-electron chi connectivity index (χ1n) is 9.39. The van der Waals surface area contributed by atoms with Gasteiger partial charge in [-0.2, -0.15) is 4.31 Å². The molecule has 1 aromatic rings. The topological polar surface area (TPSA) is 163 Å². The minimum absolute atomic E-state index is 0.0318. The molecule has 2 aliphatic rings. The number of nitrogens with zero attached hydrogens (tertiary/aromatic N) is 2. The number of piperidine rings is 1. The fourth-order valence-corrected chi connectivity index (χ4v) is 5.65. The predicted octanol–water partition coefficient (Wildman–Crippen LogP) is 1.34. The molecule has 0 aromatic heterocycles. The molecule has 1 saturated heterocycles. The maximum Gasteiger partial charge on any atom is 0.326 e. The average Bonchev–Trinajstić information content (AvgIpc) is 3.12. The number of amides is 1. The molecular formula is C18H19Cl2N3O8S. The van der Waals surface area contributed by atoms with E-state index in [1.807, 2.05) is 0 Å². The van der Waals surface area contributed by atoms with Crippen molar-refractivity contribution in [1.82, 2.24) is 9.62 Å². The van der Waals surface area contributed by atoms with E-state index in [9.17, 15) is 22.8 Å². The molecule has 32 heavy (non-hydrogen) atoms. The van der Waals surface area contributed by atoms with Crippen LogP contribution in [0.2, 0.25) is 10.0 Å². The second-order valence-electron chi connectivity index (χ2n) is 7.43. The van der Waals surface area contributed by atoms with Gasteiger partial charge < -0.3 is 20.4 Å². The SMILES string of the molecule is O=C(O)CC(NC(=O)C1=NOC2(CCN(S(=O)(=O)c3cc(Cl)ccc3Cl)CC2)C1)C(=O)O. The lowest BCUT2D eigenvalue weighted by molar-refractivity contribution is -0.146. The number of oxime groups is 1. The van der Waals surface area contributed by atoms with Crippen molar-refractivity contribution < 1.29 is 37.9 Å². The second kappa shape index (κ2) is 9.22. The van der Waals surface area contributed by atoms with Gasteiger partial charge in [-0.05, 0) is 18.2 Å². The highest BCUT2D eigenvalue weighted by atomic mass is 35.5. The standard InChI is InChI=1S/C18H19Cl2N3O8S/c19-10-1-2-11(20)14(7-10)32(29,30)23-5-3-18(4-6-23)9-13(22-31-18)16(26)21-12(17(27)28)8-15(24)25/h1-2,7,12H,3-6,8-9H2,(H,21,26)(H,24,25)(H,27,28). The van der Waals surface area contributed by atoms with Crippen LogP contribution in [0, 0.1) is 0 Å². The van der Waals surface area contributed by atoms with Crippen LogP contribution in [0.4, 0.5) is 0 Å². The molecule has 1 atom stereocenters. The Morgan fingerprint density at radius 3 is 2.47 bits per heavy atom. The average molecular weight is 508 g/mol. The Morgan fingerprint density at radius 2 is 1.88 bits per heavy atom. The lowest BCUT2D eigenvalue weighted by atomic mass is 9.87. The number of aliphatic carboxylic acids is 2. The van der Waals surface area contributed by atoms with Crippen LogP contribution in [-0.2, 0) is 29.2 Å². The summed E-state index contributed by atoms with van der Waals surface area (Å²) in [5.74, 6) is -3.73. The maximum atomic E-state index is 13.0. The Hall–Kier alpha value is -2.41. The zero-order chi connectivity index (χ0) is 23.7. The van der Waals surface area contributed by atoms with Crippen LogP contribution in [0.15, 0.2) is 28.3 Å². The summed E-state index contributed by atoms with van der Waals surface area (Å²) in [6, 6.07) is 2.54. The van der Waals surface area contributed by atoms with Crippen molar-refractivity contribution in [2.24, 2.45) is 5.16 Å². The van der Waals surface area contributed by atoms with Crippen molar-refractivity contribution in [1.29, 1.82) is 0 Å². The van der Waals surface area contributed by atoms with Gasteiger partial charge in [-0.25, -0.2) is 13.2 Å². The van der Waals surface area contributed by atoms with E-state index < -0.39 is 45.9 Å². The molecule has 1 fully saturated rings. The molecule has 2 heterocycles. The molecule has 1 spiro atoms. The Bertz CT molecular complexity index is 1080. The number of halogens is 2. The van der Waals surface area contributed by atoms with Crippen molar-refractivity contribution in [3.8, 4) is 0 Å². The van der Waals surface area contributed by atoms with E-state index in [1.165, 1.54) is 22.5 Å². The van der Waals surface area contributed by atoms with Crippen molar-refractivity contribution in [2.75, 3.05) is 13.1 Å². The number of benzene rings is 1. The Morgan fingerprint density at radius 1 is 1.22 bits per heavy atom. The highest BCUT2D eigenvalue weighted by Crippen LogP contribution is 2.37. The number of hydrogen-bond donors (Lipinski definition) is 3. The van der Waals surface area contributed by atoms with E-state index in [-0.39, 0.29) is 53.0 Å². The molecular weight excluding hydrogens is 489 g/mol. The molecule has 1 aromatic carbocycles. The van der Waals surface area contributed by atoms with Crippen LogP contribution in [0.3, 0.4) is 0 Å². The molecule has 14 heteroatoms. The third-order valence-electron chi connectivity index (χ3n) is 5.23. The van der Waals surface area contributed by atoms with Crippen molar-refractivity contribution >= 4 is 56.8 Å². The van der Waals surface area contributed by atoms with Crippen LogP contribution < -0.4 is 5.32 Å². The van der Waals surface area contributed by atoms with Crippen molar-refractivity contribution in [2.45, 2.75) is 42.2 Å². The predicted molar refractivity (Wildman–Crippen MR) is 112 cm³/mol. The lowest BCUT2D eigenvalue weighted by Crippen LogP contribution is -2.48. The summed E-state index contributed by atoms with van der Waals surface area (Å²) < 4.78 is 27.2. The zero-order valence-electron chi connectivity index (χ0n) is 16.5. The van der Waals surface area contributed by atoms with Crippen LogP contribution in [0.5, 0.6) is 0 Å². The summed E-state index contributed by atoms with van der Waals surface area (Å²) in [6.45, 7) is 0.152. The molecule has 3 N–H and O–H groups in total. The van der Waals surface area contributed by atoms with E-state index >= 15 is 0 Å². The Balaban J connectivity index is 1.63. The van der Waals surface area contributed by atoms with Gasteiger partial charge in [-0.15, -0.1) is 0 Å².